The molecule has 0 spiro atoms. The summed E-state index contributed by atoms with van der Waals surface area (Å²) >= 11 is 0. The molecule has 2 atom stereocenters. The number of fused-ring (bicyclic) bond motifs is 1. The number of anilines is 1. The molecule has 2 saturated heterocycles. The number of hydrogen-bond acceptors (Lipinski definition) is 6. The number of aromatic nitrogens is 4. The van der Waals surface area contributed by atoms with Crippen LogP contribution < -0.4 is 4.90 Å². The summed E-state index contributed by atoms with van der Waals surface area (Å²) in [5.41, 5.74) is 0.169. The standard InChI is InChI=1S/C16H22FN5O2/c1-23-9-16(17)4-5-21(8-16)14-13-15(19-10-18-14)22(11-20-13)7-12-3-2-6-24-12/h10-12H,2-9H2,1H3. The van der Waals surface area contributed by atoms with Gasteiger partial charge in [-0.3, -0.25) is 0 Å². The van der Waals surface area contributed by atoms with Gasteiger partial charge in [-0.25, -0.2) is 19.3 Å². The number of halogens is 1. The molecule has 0 N–H and O–H groups in total. The predicted octanol–water partition coefficient (Wildman–Crippen LogP) is 1.57. The number of imidazole rings is 1. The van der Waals surface area contributed by atoms with E-state index in [4.69, 9.17) is 9.47 Å². The second-order valence-corrected chi connectivity index (χ2v) is 6.66. The number of nitrogens with zero attached hydrogens (tertiary/aromatic N) is 5. The van der Waals surface area contributed by atoms with E-state index in [0.29, 0.717) is 18.8 Å². The van der Waals surface area contributed by atoms with Crippen molar-refractivity contribution in [3.05, 3.63) is 12.7 Å². The summed E-state index contributed by atoms with van der Waals surface area (Å²) in [5, 5.41) is 0. The summed E-state index contributed by atoms with van der Waals surface area (Å²) in [5.74, 6) is 0.696. The van der Waals surface area contributed by atoms with Gasteiger partial charge in [0.05, 0.1) is 32.1 Å². The molecule has 2 aliphatic heterocycles. The van der Waals surface area contributed by atoms with Crippen LogP contribution >= 0.6 is 0 Å². The van der Waals surface area contributed by atoms with Crippen LogP contribution in [0.1, 0.15) is 19.3 Å². The quantitative estimate of drug-likeness (QED) is 0.826. The van der Waals surface area contributed by atoms with Gasteiger partial charge in [-0.05, 0) is 12.8 Å². The number of rotatable bonds is 5. The normalized spacial score (nSPS) is 27.4. The highest BCUT2D eigenvalue weighted by Crippen LogP contribution is 2.32. The van der Waals surface area contributed by atoms with E-state index in [9.17, 15) is 4.39 Å². The Hall–Kier alpha value is -1.80. The second-order valence-electron chi connectivity index (χ2n) is 6.66. The van der Waals surface area contributed by atoms with E-state index in [1.807, 2.05) is 9.47 Å². The van der Waals surface area contributed by atoms with Gasteiger partial charge in [0.15, 0.2) is 22.7 Å². The van der Waals surface area contributed by atoms with Gasteiger partial charge < -0.3 is 18.9 Å². The SMILES string of the molecule is COCC1(F)CCN(c2ncnc3c2ncn3CC2CCCO2)C1. The molecule has 8 heteroatoms. The van der Waals surface area contributed by atoms with Crippen LogP contribution in [-0.2, 0) is 16.0 Å². The first-order valence-electron chi connectivity index (χ1n) is 8.39. The van der Waals surface area contributed by atoms with Crippen molar-refractivity contribution < 1.29 is 13.9 Å². The lowest BCUT2D eigenvalue weighted by atomic mass is 10.1. The molecular weight excluding hydrogens is 313 g/mol. The highest BCUT2D eigenvalue weighted by atomic mass is 19.1. The minimum absolute atomic E-state index is 0.102. The molecule has 0 bridgehead atoms. The highest BCUT2D eigenvalue weighted by Gasteiger charge is 2.39. The van der Waals surface area contributed by atoms with Crippen LogP contribution in [0.2, 0.25) is 0 Å². The third-order valence-corrected chi connectivity index (χ3v) is 4.81. The Labute approximate surface area is 139 Å². The fourth-order valence-corrected chi connectivity index (χ4v) is 3.63. The zero-order valence-electron chi connectivity index (χ0n) is 13.8. The maximum absolute atomic E-state index is 14.7. The van der Waals surface area contributed by atoms with Crippen molar-refractivity contribution in [3.63, 3.8) is 0 Å². The lowest BCUT2D eigenvalue weighted by molar-refractivity contribution is 0.0571. The van der Waals surface area contributed by atoms with Gasteiger partial charge >= 0.3 is 0 Å². The van der Waals surface area contributed by atoms with Crippen LogP contribution in [0.5, 0.6) is 0 Å². The van der Waals surface area contributed by atoms with Crippen LogP contribution in [0.3, 0.4) is 0 Å². The van der Waals surface area contributed by atoms with E-state index < -0.39 is 5.67 Å². The van der Waals surface area contributed by atoms with Gasteiger partial charge in [0.1, 0.15) is 6.33 Å². The van der Waals surface area contributed by atoms with E-state index in [0.717, 1.165) is 37.2 Å². The second kappa shape index (κ2) is 6.25. The number of hydrogen-bond donors (Lipinski definition) is 0. The van der Waals surface area contributed by atoms with Crippen molar-refractivity contribution in [3.8, 4) is 0 Å². The average molecular weight is 335 g/mol. The van der Waals surface area contributed by atoms with E-state index >= 15 is 0 Å². The zero-order valence-corrected chi connectivity index (χ0v) is 13.8. The summed E-state index contributed by atoms with van der Waals surface area (Å²) in [7, 11) is 1.53. The van der Waals surface area contributed by atoms with E-state index in [2.05, 4.69) is 15.0 Å². The molecule has 2 aliphatic rings. The van der Waals surface area contributed by atoms with Crippen molar-refractivity contribution in [2.24, 2.45) is 0 Å². The minimum Gasteiger partial charge on any atom is -0.381 e. The van der Waals surface area contributed by atoms with Gasteiger partial charge in [-0.1, -0.05) is 0 Å². The van der Waals surface area contributed by atoms with Crippen LogP contribution in [0.25, 0.3) is 11.2 Å². The Morgan fingerprint density at radius 2 is 2.33 bits per heavy atom. The fraction of sp³-hybridized carbons (Fsp3) is 0.688. The Morgan fingerprint density at radius 3 is 3.12 bits per heavy atom. The fourth-order valence-electron chi connectivity index (χ4n) is 3.63. The molecule has 0 radical (unpaired) electrons. The molecule has 24 heavy (non-hydrogen) atoms. The Bertz CT molecular complexity index is 718. The molecule has 4 rings (SSSR count). The molecule has 0 aliphatic carbocycles. The summed E-state index contributed by atoms with van der Waals surface area (Å²) in [6.07, 6.45) is 6.11. The molecule has 130 valence electrons. The van der Waals surface area contributed by atoms with Crippen molar-refractivity contribution in [1.82, 2.24) is 19.5 Å². The molecule has 7 nitrogen and oxygen atoms in total. The van der Waals surface area contributed by atoms with Crippen molar-refractivity contribution in [2.45, 2.75) is 37.6 Å². The third-order valence-electron chi connectivity index (χ3n) is 4.81. The first-order valence-corrected chi connectivity index (χ1v) is 8.39. The van der Waals surface area contributed by atoms with Crippen LogP contribution in [-0.4, -0.2) is 64.7 Å². The van der Waals surface area contributed by atoms with Crippen molar-refractivity contribution in [2.75, 3.05) is 38.3 Å². The summed E-state index contributed by atoms with van der Waals surface area (Å²) in [6, 6.07) is 0. The van der Waals surface area contributed by atoms with Gasteiger partial charge in [-0.15, -0.1) is 0 Å². The number of alkyl halides is 1. The predicted molar refractivity (Wildman–Crippen MR) is 86.8 cm³/mol. The number of ether oxygens (including phenoxy) is 2. The van der Waals surface area contributed by atoms with E-state index in [1.54, 1.807) is 6.33 Å². The molecule has 2 aromatic heterocycles. The van der Waals surface area contributed by atoms with Gasteiger partial charge in [0, 0.05) is 26.7 Å². The molecule has 4 heterocycles. The van der Waals surface area contributed by atoms with Gasteiger partial charge in [0.2, 0.25) is 0 Å². The number of methoxy groups -OCH3 is 1. The summed E-state index contributed by atoms with van der Waals surface area (Å²) in [6.45, 7) is 2.54. The van der Waals surface area contributed by atoms with Gasteiger partial charge in [0.25, 0.3) is 0 Å². The van der Waals surface area contributed by atoms with Crippen LogP contribution in [0.15, 0.2) is 12.7 Å². The molecular formula is C16H22FN5O2. The topological polar surface area (TPSA) is 65.3 Å². The minimum atomic E-state index is -1.33. The monoisotopic (exact) mass is 335 g/mol. The molecule has 2 aromatic rings. The summed E-state index contributed by atoms with van der Waals surface area (Å²) < 4.78 is 27.4. The highest BCUT2D eigenvalue weighted by molar-refractivity contribution is 5.83. The maximum atomic E-state index is 14.7. The Balaban J connectivity index is 1.59. The third kappa shape index (κ3) is 2.84. The lowest BCUT2D eigenvalue weighted by Gasteiger charge is -2.20. The van der Waals surface area contributed by atoms with Crippen molar-refractivity contribution >= 4 is 17.0 Å². The smallest absolute Gasteiger partial charge is 0.165 e. The molecule has 0 saturated carbocycles. The maximum Gasteiger partial charge on any atom is 0.165 e. The van der Waals surface area contributed by atoms with Crippen molar-refractivity contribution in [1.29, 1.82) is 0 Å². The van der Waals surface area contributed by atoms with Gasteiger partial charge in [-0.2, -0.15) is 0 Å². The first kappa shape index (κ1) is 15.7. The lowest BCUT2D eigenvalue weighted by Crippen LogP contribution is -2.33. The zero-order chi connectivity index (χ0) is 16.6. The van der Waals surface area contributed by atoms with Crippen LogP contribution in [0.4, 0.5) is 10.2 Å². The largest absolute Gasteiger partial charge is 0.381 e. The average Bonchev–Trinajstić information content (AvgIpc) is 3.29. The van der Waals surface area contributed by atoms with Crippen LogP contribution in [0, 0.1) is 0 Å². The molecule has 2 fully saturated rings. The Kier molecular flexibility index (Phi) is 4.09. The molecule has 0 amide bonds. The van der Waals surface area contributed by atoms with E-state index in [1.165, 1.54) is 13.4 Å². The first-order chi connectivity index (χ1) is 11.7. The molecule has 2 unspecified atom stereocenters. The summed E-state index contributed by atoms with van der Waals surface area (Å²) in [4.78, 5) is 15.2. The van der Waals surface area contributed by atoms with E-state index in [-0.39, 0.29) is 19.3 Å². The molecule has 0 aromatic carbocycles. The Morgan fingerprint density at radius 1 is 1.42 bits per heavy atom.